The van der Waals surface area contributed by atoms with Crippen molar-refractivity contribution in [3.63, 3.8) is 0 Å². The molecule has 0 radical (unpaired) electrons. The van der Waals surface area contributed by atoms with Crippen LogP contribution in [0.2, 0.25) is 0 Å². The lowest BCUT2D eigenvalue weighted by molar-refractivity contribution is -0.144. The molecule has 0 aliphatic heterocycles. The van der Waals surface area contributed by atoms with E-state index in [0.29, 0.717) is 0 Å². The van der Waals surface area contributed by atoms with E-state index < -0.39 is 17.4 Å². The van der Waals surface area contributed by atoms with Crippen molar-refractivity contribution in [1.29, 1.82) is 0 Å². The molecule has 0 aliphatic rings. The summed E-state index contributed by atoms with van der Waals surface area (Å²) < 4.78 is 0. The minimum Gasteiger partial charge on any atom is -0.480 e. The van der Waals surface area contributed by atoms with Crippen molar-refractivity contribution in [2.45, 2.75) is 40.7 Å². The highest BCUT2D eigenvalue weighted by molar-refractivity contribution is 5.91. The van der Waals surface area contributed by atoms with Gasteiger partial charge in [0.15, 0.2) is 0 Å². The van der Waals surface area contributed by atoms with Crippen LogP contribution in [0.5, 0.6) is 0 Å². The van der Waals surface area contributed by atoms with E-state index in [9.17, 15) is 9.59 Å². The summed E-state index contributed by atoms with van der Waals surface area (Å²) in [5.74, 6) is -1.38. The summed E-state index contributed by atoms with van der Waals surface area (Å²) in [6.45, 7) is 8.89. The molecule has 0 aromatic rings. The third kappa shape index (κ3) is 5.20. The molecule has 0 aromatic heterocycles. The molecule has 1 amide bonds. The zero-order valence-electron chi connectivity index (χ0n) is 9.92. The Kier molecular flexibility index (Phi) is 4.52. The SMILES string of the molecule is CC(C)=CC(=O)NC(C(=O)O)C(C)(C)C. The molecule has 4 nitrogen and oxygen atoms in total. The third-order valence-corrected chi connectivity index (χ3v) is 1.82. The molecule has 2 N–H and O–H groups in total. The lowest BCUT2D eigenvalue weighted by Gasteiger charge is -2.27. The van der Waals surface area contributed by atoms with Gasteiger partial charge in [-0.3, -0.25) is 4.79 Å². The van der Waals surface area contributed by atoms with Gasteiger partial charge in [-0.15, -0.1) is 0 Å². The minimum atomic E-state index is -1.02. The predicted octanol–water partition coefficient (Wildman–Crippen LogP) is 1.57. The second-order valence-corrected chi connectivity index (χ2v) is 4.87. The number of carboxylic acids is 1. The van der Waals surface area contributed by atoms with Crippen LogP contribution >= 0.6 is 0 Å². The van der Waals surface area contributed by atoms with Crippen molar-refractivity contribution in [3.8, 4) is 0 Å². The summed E-state index contributed by atoms with van der Waals surface area (Å²) in [6.07, 6.45) is 1.39. The highest BCUT2D eigenvalue weighted by atomic mass is 16.4. The number of rotatable bonds is 3. The fraction of sp³-hybridized carbons (Fsp3) is 0.636. The Morgan fingerprint density at radius 3 is 2.00 bits per heavy atom. The Hall–Kier alpha value is -1.32. The molecule has 15 heavy (non-hydrogen) atoms. The lowest BCUT2D eigenvalue weighted by Crippen LogP contribution is -2.48. The quantitative estimate of drug-likeness (QED) is 0.699. The highest BCUT2D eigenvalue weighted by Crippen LogP contribution is 2.19. The van der Waals surface area contributed by atoms with Crippen molar-refractivity contribution in [1.82, 2.24) is 5.32 Å². The zero-order chi connectivity index (χ0) is 12.2. The zero-order valence-corrected chi connectivity index (χ0v) is 9.92. The summed E-state index contributed by atoms with van der Waals surface area (Å²) in [5, 5.41) is 11.4. The van der Waals surface area contributed by atoms with E-state index in [1.807, 2.05) is 0 Å². The maximum absolute atomic E-state index is 11.4. The topological polar surface area (TPSA) is 66.4 Å². The Bertz CT molecular complexity index is 283. The van der Waals surface area contributed by atoms with Crippen LogP contribution in [0.1, 0.15) is 34.6 Å². The largest absolute Gasteiger partial charge is 0.480 e. The molecule has 1 unspecified atom stereocenters. The number of carbonyl (C=O) groups is 2. The van der Waals surface area contributed by atoms with Gasteiger partial charge >= 0.3 is 5.97 Å². The number of allylic oxidation sites excluding steroid dienone is 1. The molecule has 4 heteroatoms. The molecule has 0 fully saturated rings. The van der Waals surface area contributed by atoms with Gasteiger partial charge in [0, 0.05) is 6.08 Å². The van der Waals surface area contributed by atoms with Gasteiger partial charge in [-0.2, -0.15) is 0 Å². The third-order valence-electron chi connectivity index (χ3n) is 1.82. The number of amides is 1. The van der Waals surface area contributed by atoms with Crippen molar-refractivity contribution >= 4 is 11.9 Å². The van der Waals surface area contributed by atoms with Crippen LogP contribution in [0, 0.1) is 5.41 Å². The summed E-state index contributed by atoms with van der Waals surface area (Å²) in [5.41, 5.74) is 0.335. The first-order chi connectivity index (χ1) is 6.64. The van der Waals surface area contributed by atoms with Gasteiger partial charge in [0.2, 0.25) is 5.91 Å². The van der Waals surface area contributed by atoms with Crippen molar-refractivity contribution < 1.29 is 14.7 Å². The Labute approximate surface area is 90.4 Å². The average Bonchev–Trinajstić information content (AvgIpc) is 1.95. The molecular weight excluding hydrogens is 194 g/mol. The normalized spacial score (nSPS) is 12.9. The van der Waals surface area contributed by atoms with E-state index in [-0.39, 0.29) is 5.91 Å². The Morgan fingerprint density at radius 2 is 1.73 bits per heavy atom. The molecular formula is C11H19NO3. The summed E-state index contributed by atoms with van der Waals surface area (Å²) in [6, 6.07) is -0.874. The molecule has 1 atom stereocenters. The molecule has 0 heterocycles. The molecule has 0 aliphatic carbocycles. The first-order valence-corrected chi connectivity index (χ1v) is 4.83. The maximum atomic E-state index is 11.4. The van der Waals surface area contributed by atoms with Crippen molar-refractivity contribution in [2.24, 2.45) is 5.41 Å². The van der Waals surface area contributed by atoms with Gasteiger partial charge in [-0.1, -0.05) is 26.3 Å². The van der Waals surface area contributed by atoms with Crippen LogP contribution in [-0.4, -0.2) is 23.0 Å². The molecule has 0 spiro atoms. The predicted molar refractivity (Wildman–Crippen MR) is 58.5 cm³/mol. The van der Waals surface area contributed by atoms with Gasteiger partial charge in [-0.25, -0.2) is 4.79 Å². The van der Waals surface area contributed by atoms with Crippen LogP contribution in [0.4, 0.5) is 0 Å². The number of nitrogens with one attached hydrogen (secondary N) is 1. The van der Waals surface area contributed by atoms with E-state index in [0.717, 1.165) is 5.57 Å². The summed E-state index contributed by atoms with van der Waals surface area (Å²) >= 11 is 0. The van der Waals surface area contributed by atoms with Gasteiger partial charge in [0.05, 0.1) is 0 Å². The first kappa shape index (κ1) is 13.7. The van der Waals surface area contributed by atoms with E-state index in [1.165, 1.54) is 6.08 Å². The number of carboxylic acid groups (broad SMARTS) is 1. The van der Waals surface area contributed by atoms with Gasteiger partial charge in [0.25, 0.3) is 0 Å². The fourth-order valence-corrected chi connectivity index (χ4v) is 1.09. The second kappa shape index (κ2) is 4.96. The summed E-state index contributed by atoms with van der Waals surface area (Å²) in [7, 11) is 0. The van der Waals surface area contributed by atoms with Crippen LogP contribution in [0.3, 0.4) is 0 Å². The maximum Gasteiger partial charge on any atom is 0.326 e. The second-order valence-electron chi connectivity index (χ2n) is 4.87. The highest BCUT2D eigenvalue weighted by Gasteiger charge is 2.31. The number of hydrogen-bond acceptors (Lipinski definition) is 2. The van der Waals surface area contributed by atoms with Crippen LogP contribution in [-0.2, 0) is 9.59 Å². The number of carbonyl (C=O) groups excluding carboxylic acids is 1. The smallest absolute Gasteiger partial charge is 0.326 e. The molecule has 86 valence electrons. The molecule has 0 bridgehead atoms. The minimum absolute atomic E-state index is 0.364. The van der Waals surface area contributed by atoms with Crippen molar-refractivity contribution in [3.05, 3.63) is 11.6 Å². The molecule has 0 aromatic carbocycles. The van der Waals surface area contributed by atoms with E-state index in [2.05, 4.69) is 5.32 Å². The Morgan fingerprint density at radius 1 is 1.27 bits per heavy atom. The van der Waals surface area contributed by atoms with Crippen LogP contribution in [0.25, 0.3) is 0 Å². The molecule has 0 saturated carbocycles. The van der Waals surface area contributed by atoms with Crippen molar-refractivity contribution in [2.75, 3.05) is 0 Å². The van der Waals surface area contributed by atoms with Gasteiger partial charge in [-0.05, 0) is 19.3 Å². The number of aliphatic carboxylic acids is 1. The summed E-state index contributed by atoms with van der Waals surface area (Å²) in [4.78, 5) is 22.3. The molecule has 0 saturated heterocycles. The first-order valence-electron chi connectivity index (χ1n) is 4.83. The molecule has 0 rings (SSSR count). The van der Waals surface area contributed by atoms with Crippen LogP contribution in [0.15, 0.2) is 11.6 Å². The van der Waals surface area contributed by atoms with Gasteiger partial charge in [0.1, 0.15) is 6.04 Å². The monoisotopic (exact) mass is 213 g/mol. The standard InChI is InChI=1S/C11H19NO3/c1-7(2)6-8(13)12-9(10(14)15)11(3,4)5/h6,9H,1-5H3,(H,12,13)(H,14,15). The Balaban J connectivity index is 4.66. The van der Waals surface area contributed by atoms with E-state index >= 15 is 0 Å². The fourth-order valence-electron chi connectivity index (χ4n) is 1.09. The van der Waals surface area contributed by atoms with Gasteiger partial charge < -0.3 is 10.4 Å². The van der Waals surface area contributed by atoms with E-state index in [1.54, 1.807) is 34.6 Å². The average molecular weight is 213 g/mol. The van der Waals surface area contributed by atoms with Crippen LogP contribution < -0.4 is 5.32 Å². The number of hydrogen-bond donors (Lipinski definition) is 2. The lowest BCUT2D eigenvalue weighted by atomic mass is 9.87. The van der Waals surface area contributed by atoms with E-state index in [4.69, 9.17) is 5.11 Å².